The van der Waals surface area contributed by atoms with Crippen LogP contribution in [0.15, 0.2) is 23.2 Å². The Labute approximate surface area is 185 Å². The van der Waals surface area contributed by atoms with Crippen LogP contribution in [0.5, 0.6) is 0 Å². The van der Waals surface area contributed by atoms with E-state index in [0.29, 0.717) is 30.5 Å². The Hall–Kier alpha value is -0.970. The molecule has 1 aromatic rings. The van der Waals surface area contributed by atoms with Gasteiger partial charge < -0.3 is 20.1 Å². The summed E-state index contributed by atoms with van der Waals surface area (Å²) >= 11 is 0. The molecule has 2 N–H and O–H groups in total. The molecule has 1 saturated heterocycles. The van der Waals surface area contributed by atoms with Crippen LogP contribution in [0.2, 0.25) is 0 Å². The molecule has 6 nitrogen and oxygen atoms in total. The van der Waals surface area contributed by atoms with Gasteiger partial charge in [-0.2, -0.15) is 0 Å². The van der Waals surface area contributed by atoms with E-state index in [4.69, 9.17) is 9.47 Å². The molecule has 1 fully saturated rings. The maximum absolute atomic E-state index is 13.7. The van der Waals surface area contributed by atoms with Crippen molar-refractivity contribution >= 4 is 29.9 Å². The van der Waals surface area contributed by atoms with Gasteiger partial charge in [-0.25, -0.2) is 4.39 Å². The van der Waals surface area contributed by atoms with Gasteiger partial charge in [0.15, 0.2) is 5.96 Å². The first kappa shape index (κ1) is 25.1. The van der Waals surface area contributed by atoms with Crippen molar-refractivity contribution in [2.24, 2.45) is 10.9 Å². The second-order valence-corrected chi connectivity index (χ2v) is 7.31. The minimum atomic E-state index is -0.247. The standard InChI is InChI=1S/C20H33FN4O2.HI/c1-15(2)12-25-7-8-27-18(13-25)11-24-20(22-3)23-10-16-5-6-19(21)17(9-16)14-26-4;/h5-6,9,15,18H,7-8,10-14H2,1-4H3,(H2,22,23,24);1H. The van der Waals surface area contributed by atoms with Gasteiger partial charge in [-0.05, 0) is 23.6 Å². The molecule has 1 aromatic carbocycles. The molecular formula is C20H34FIN4O2. The number of aliphatic imine (C=N–C) groups is 1. The van der Waals surface area contributed by atoms with Gasteiger partial charge in [-0.3, -0.25) is 9.89 Å². The number of nitrogens with one attached hydrogen (secondary N) is 2. The number of rotatable bonds is 8. The molecule has 1 atom stereocenters. The van der Waals surface area contributed by atoms with Crippen LogP contribution in [-0.4, -0.2) is 63.9 Å². The molecule has 1 unspecified atom stereocenters. The summed E-state index contributed by atoms with van der Waals surface area (Å²) in [4.78, 5) is 6.71. The summed E-state index contributed by atoms with van der Waals surface area (Å²) in [6, 6.07) is 5.05. The number of benzene rings is 1. The van der Waals surface area contributed by atoms with Crippen LogP contribution >= 0.6 is 24.0 Å². The lowest BCUT2D eigenvalue weighted by atomic mass is 10.1. The fourth-order valence-electron chi connectivity index (χ4n) is 3.21. The molecule has 1 aliphatic heterocycles. The van der Waals surface area contributed by atoms with E-state index in [1.807, 2.05) is 6.07 Å². The first-order chi connectivity index (χ1) is 13.0. The summed E-state index contributed by atoms with van der Waals surface area (Å²) in [6.45, 7) is 9.79. The summed E-state index contributed by atoms with van der Waals surface area (Å²) in [6.07, 6.45) is 0.148. The van der Waals surface area contributed by atoms with Crippen molar-refractivity contribution < 1.29 is 13.9 Å². The number of nitrogens with zero attached hydrogens (tertiary/aromatic N) is 2. The zero-order chi connectivity index (χ0) is 19.6. The van der Waals surface area contributed by atoms with Crippen molar-refractivity contribution in [3.63, 3.8) is 0 Å². The highest BCUT2D eigenvalue weighted by Crippen LogP contribution is 2.12. The molecule has 0 spiro atoms. The average Bonchev–Trinajstić information content (AvgIpc) is 2.64. The molecule has 28 heavy (non-hydrogen) atoms. The Balaban J connectivity index is 0.00000392. The lowest BCUT2D eigenvalue weighted by Gasteiger charge is -2.34. The van der Waals surface area contributed by atoms with Crippen LogP contribution in [0, 0.1) is 11.7 Å². The Bertz CT molecular complexity index is 616. The molecule has 8 heteroatoms. The van der Waals surface area contributed by atoms with Crippen molar-refractivity contribution in [1.29, 1.82) is 0 Å². The number of guanidine groups is 1. The highest BCUT2D eigenvalue weighted by Gasteiger charge is 2.21. The van der Waals surface area contributed by atoms with Crippen LogP contribution in [-0.2, 0) is 22.6 Å². The van der Waals surface area contributed by atoms with Crippen molar-refractivity contribution in [3.8, 4) is 0 Å². The second kappa shape index (κ2) is 13.3. The van der Waals surface area contributed by atoms with Crippen molar-refractivity contribution in [1.82, 2.24) is 15.5 Å². The zero-order valence-corrected chi connectivity index (χ0v) is 19.7. The van der Waals surface area contributed by atoms with Crippen molar-refractivity contribution in [2.45, 2.75) is 33.1 Å². The Morgan fingerprint density at radius 1 is 1.39 bits per heavy atom. The maximum atomic E-state index is 13.7. The van der Waals surface area contributed by atoms with Gasteiger partial charge in [0.25, 0.3) is 0 Å². The van der Waals surface area contributed by atoms with Crippen molar-refractivity contribution in [2.75, 3.05) is 46.9 Å². The van der Waals surface area contributed by atoms with Gasteiger partial charge in [0.1, 0.15) is 5.82 Å². The lowest BCUT2D eigenvalue weighted by Crippen LogP contribution is -2.50. The number of hydrogen-bond donors (Lipinski definition) is 2. The fraction of sp³-hybridized carbons (Fsp3) is 0.650. The molecule has 160 valence electrons. The fourth-order valence-corrected chi connectivity index (χ4v) is 3.21. The number of halogens is 2. The quantitative estimate of drug-likeness (QED) is 0.321. The molecule has 0 aliphatic carbocycles. The third kappa shape index (κ3) is 8.59. The summed E-state index contributed by atoms with van der Waals surface area (Å²) in [7, 11) is 3.30. The van der Waals surface area contributed by atoms with E-state index in [-0.39, 0.29) is 42.5 Å². The number of hydrogen-bond acceptors (Lipinski definition) is 4. The normalized spacial score (nSPS) is 18.1. The molecule has 1 aliphatic rings. The predicted molar refractivity (Wildman–Crippen MR) is 122 cm³/mol. The molecule has 0 amide bonds. The topological polar surface area (TPSA) is 58.1 Å². The molecule has 0 bridgehead atoms. The van der Waals surface area contributed by atoms with Crippen LogP contribution in [0.3, 0.4) is 0 Å². The van der Waals surface area contributed by atoms with Crippen LogP contribution < -0.4 is 10.6 Å². The van der Waals surface area contributed by atoms with E-state index >= 15 is 0 Å². The van der Waals surface area contributed by atoms with Gasteiger partial charge in [0.05, 0.1) is 19.3 Å². The summed E-state index contributed by atoms with van der Waals surface area (Å²) in [5.41, 5.74) is 1.53. The summed E-state index contributed by atoms with van der Waals surface area (Å²) in [5.74, 6) is 1.12. The smallest absolute Gasteiger partial charge is 0.191 e. The monoisotopic (exact) mass is 508 g/mol. The average molecular weight is 508 g/mol. The van der Waals surface area contributed by atoms with Gasteiger partial charge in [0, 0.05) is 52.4 Å². The van der Waals surface area contributed by atoms with Gasteiger partial charge in [-0.1, -0.05) is 19.9 Å². The minimum Gasteiger partial charge on any atom is -0.380 e. The van der Waals surface area contributed by atoms with E-state index in [2.05, 4.69) is 34.4 Å². The Kier molecular flexibility index (Phi) is 11.9. The Morgan fingerprint density at radius 2 is 2.18 bits per heavy atom. The minimum absolute atomic E-state index is 0. The lowest BCUT2D eigenvalue weighted by molar-refractivity contribution is -0.0284. The predicted octanol–water partition coefficient (Wildman–Crippen LogP) is 2.61. The van der Waals surface area contributed by atoms with Crippen LogP contribution in [0.1, 0.15) is 25.0 Å². The summed E-state index contributed by atoms with van der Waals surface area (Å²) in [5, 5.41) is 6.59. The molecule has 0 saturated carbocycles. The van der Waals surface area contributed by atoms with E-state index in [0.717, 1.165) is 31.8 Å². The largest absolute Gasteiger partial charge is 0.380 e. The Morgan fingerprint density at radius 3 is 2.86 bits per heavy atom. The van der Waals surface area contributed by atoms with Crippen LogP contribution in [0.4, 0.5) is 4.39 Å². The van der Waals surface area contributed by atoms with E-state index < -0.39 is 0 Å². The number of morpholine rings is 1. The number of methoxy groups -OCH3 is 1. The van der Waals surface area contributed by atoms with E-state index in [1.54, 1.807) is 20.2 Å². The van der Waals surface area contributed by atoms with Crippen LogP contribution in [0.25, 0.3) is 0 Å². The van der Waals surface area contributed by atoms with Crippen molar-refractivity contribution in [3.05, 3.63) is 35.1 Å². The highest BCUT2D eigenvalue weighted by molar-refractivity contribution is 14.0. The summed E-state index contributed by atoms with van der Waals surface area (Å²) < 4.78 is 24.6. The second-order valence-electron chi connectivity index (χ2n) is 7.31. The molecule has 0 radical (unpaired) electrons. The number of ether oxygens (including phenoxy) is 2. The molecule has 0 aromatic heterocycles. The van der Waals surface area contributed by atoms with E-state index in [9.17, 15) is 4.39 Å². The molecule has 1 heterocycles. The van der Waals surface area contributed by atoms with Gasteiger partial charge in [-0.15, -0.1) is 24.0 Å². The third-order valence-corrected chi connectivity index (χ3v) is 4.44. The first-order valence-electron chi connectivity index (χ1n) is 9.56. The highest BCUT2D eigenvalue weighted by atomic mass is 127. The van der Waals surface area contributed by atoms with E-state index in [1.165, 1.54) is 6.07 Å². The first-order valence-corrected chi connectivity index (χ1v) is 9.56. The van der Waals surface area contributed by atoms with Gasteiger partial charge in [0.2, 0.25) is 0 Å². The van der Waals surface area contributed by atoms with Gasteiger partial charge >= 0.3 is 0 Å². The molecular weight excluding hydrogens is 474 g/mol. The zero-order valence-electron chi connectivity index (χ0n) is 17.3. The molecule has 2 rings (SSSR count). The third-order valence-electron chi connectivity index (χ3n) is 4.44. The SMILES string of the molecule is CN=C(NCc1ccc(F)c(COC)c1)NCC1CN(CC(C)C)CCO1.I. The maximum Gasteiger partial charge on any atom is 0.191 e.